The van der Waals surface area contributed by atoms with Crippen LogP contribution in [0.5, 0.6) is 11.5 Å². The van der Waals surface area contributed by atoms with Crippen molar-refractivity contribution in [2.45, 2.75) is 6.92 Å². The van der Waals surface area contributed by atoms with Crippen LogP contribution in [0.1, 0.15) is 11.1 Å². The van der Waals surface area contributed by atoms with Crippen molar-refractivity contribution >= 4 is 57.1 Å². The molecule has 4 rings (SSSR count). The van der Waals surface area contributed by atoms with Gasteiger partial charge in [0.1, 0.15) is 5.57 Å². The number of imide groups is 2. The van der Waals surface area contributed by atoms with Gasteiger partial charge in [0.25, 0.3) is 17.7 Å². The highest BCUT2D eigenvalue weighted by molar-refractivity contribution is 9.10. The average Bonchev–Trinajstić information content (AvgIpc) is 2.86. The van der Waals surface area contributed by atoms with Gasteiger partial charge in [-0.25, -0.2) is 9.69 Å². The van der Waals surface area contributed by atoms with Crippen LogP contribution in [-0.2, 0) is 14.4 Å². The number of anilines is 2. The molecule has 5 amide bonds. The molecule has 0 atom stereocenters. The standard InChI is InChI=1S/C27H22BrN3O6/c1-16-4-3-5-19(12-16)29-24(32)15-37-22-11-6-17(14-23(22)36-2)13-21-25(33)30-27(35)31(26(21)34)20-9-7-18(28)8-10-20/h3-14H,15H2,1-2H3,(H,29,32)(H,30,33,35)/b21-13-. The first-order valence-corrected chi connectivity index (χ1v) is 11.9. The number of hydrogen-bond donors (Lipinski definition) is 2. The third-order valence-corrected chi connectivity index (χ3v) is 5.87. The van der Waals surface area contributed by atoms with Crippen LogP contribution in [0.4, 0.5) is 16.2 Å². The lowest BCUT2D eigenvalue weighted by Gasteiger charge is -2.26. The smallest absolute Gasteiger partial charge is 0.335 e. The van der Waals surface area contributed by atoms with Crippen LogP contribution < -0.4 is 25.0 Å². The van der Waals surface area contributed by atoms with Gasteiger partial charge < -0.3 is 14.8 Å². The molecule has 9 nitrogen and oxygen atoms in total. The molecule has 3 aromatic rings. The number of nitrogens with one attached hydrogen (secondary N) is 2. The van der Waals surface area contributed by atoms with E-state index in [2.05, 4.69) is 26.6 Å². The summed E-state index contributed by atoms with van der Waals surface area (Å²) in [5.74, 6) is -1.32. The van der Waals surface area contributed by atoms with E-state index in [1.807, 2.05) is 25.1 Å². The summed E-state index contributed by atoms with van der Waals surface area (Å²) in [6, 6.07) is 17.8. The molecule has 1 heterocycles. The molecule has 1 aliphatic heterocycles. The van der Waals surface area contributed by atoms with Crippen LogP contribution in [0.3, 0.4) is 0 Å². The zero-order valence-electron chi connectivity index (χ0n) is 19.9. The molecule has 0 radical (unpaired) electrons. The molecule has 188 valence electrons. The summed E-state index contributed by atoms with van der Waals surface area (Å²) in [6.07, 6.45) is 1.35. The van der Waals surface area contributed by atoms with E-state index in [0.29, 0.717) is 28.4 Å². The number of ether oxygens (including phenoxy) is 2. The van der Waals surface area contributed by atoms with Crippen molar-refractivity contribution in [2.24, 2.45) is 0 Å². The number of amides is 5. The maximum Gasteiger partial charge on any atom is 0.335 e. The van der Waals surface area contributed by atoms with Crippen LogP contribution in [0.15, 0.2) is 76.8 Å². The van der Waals surface area contributed by atoms with E-state index in [4.69, 9.17) is 9.47 Å². The highest BCUT2D eigenvalue weighted by Crippen LogP contribution is 2.30. The summed E-state index contributed by atoms with van der Waals surface area (Å²) in [7, 11) is 1.43. The van der Waals surface area contributed by atoms with Crippen molar-refractivity contribution in [1.82, 2.24) is 5.32 Å². The number of nitrogens with zero attached hydrogens (tertiary/aromatic N) is 1. The van der Waals surface area contributed by atoms with Gasteiger partial charge in [-0.15, -0.1) is 0 Å². The second-order valence-corrected chi connectivity index (χ2v) is 8.97. The number of halogens is 1. The van der Waals surface area contributed by atoms with Gasteiger partial charge >= 0.3 is 6.03 Å². The molecule has 0 aromatic heterocycles. The Kier molecular flexibility index (Phi) is 7.69. The summed E-state index contributed by atoms with van der Waals surface area (Å²) in [6.45, 7) is 1.67. The second kappa shape index (κ2) is 11.1. The Morgan fingerprint density at radius 1 is 1.03 bits per heavy atom. The first-order chi connectivity index (χ1) is 17.7. The van der Waals surface area contributed by atoms with E-state index in [9.17, 15) is 19.2 Å². The molecule has 0 spiro atoms. The van der Waals surface area contributed by atoms with Gasteiger partial charge in [0.05, 0.1) is 12.8 Å². The number of urea groups is 1. The molecule has 3 aromatic carbocycles. The van der Waals surface area contributed by atoms with Gasteiger partial charge in [-0.05, 0) is 72.7 Å². The molecular formula is C27H22BrN3O6. The number of benzene rings is 3. The predicted octanol–water partition coefficient (Wildman–Crippen LogP) is 4.45. The highest BCUT2D eigenvalue weighted by Gasteiger charge is 2.36. The Balaban J connectivity index is 1.51. The van der Waals surface area contributed by atoms with E-state index in [-0.39, 0.29) is 18.1 Å². The maximum atomic E-state index is 13.1. The number of carbonyl (C=O) groups is 4. The van der Waals surface area contributed by atoms with E-state index < -0.39 is 17.8 Å². The van der Waals surface area contributed by atoms with Crippen molar-refractivity contribution in [2.75, 3.05) is 23.9 Å². The van der Waals surface area contributed by atoms with E-state index >= 15 is 0 Å². The monoisotopic (exact) mass is 563 g/mol. The lowest BCUT2D eigenvalue weighted by Crippen LogP contribution is -2.54. The van der Waals surface area contributed by atoms with Crippen molar-refractivity contribution in [3.05, 3.63) is 87.9 Å². The molecule has 1 saturated heterocycles. The summed E-state index contributed by atoms with van der Waals surface area (Å²) < 4.78 is 11.8. The number of rotatable bonds is 7. The second-order valence-electron chi connectivity index (χ2n) is 8.05. The normalized spacial score (nSPS) is 14.4. The molecule has 0 saturated carbocycles. The lowest BCUT2D eigenvalue weighted by molar-refractivity contribution is -0.122. The topological polar surface area (TPSA) is 114 Å². The third-order valence-electron chi connectivity index (χ3n) is 5.35. The highest BCUT2D eigenvalue weighted by atomic mass is 79.9. The van der Waals surface area contributed by atoms with E-state index in [1.54, 1.807) is 48.5 Å². The number of methoxy groups -OCH3 is 1. The van der Waals surface area contributed by atoms with E-state index in [0.717, 1.165) is 14.9 Å². The van der Waals surface area contributed by atoms with Crippen LogP contribution in [0.2, 0.25) is 0 Å². The first kappa shape index (κ1) is 25.6. The Bertz CT molecular complexity index is 1420. The third kappa shape index (κ3) is 6.04. The zero-order valence-corrected chi connectivity index (χ0v) is 21.5. The molecule has 1 fully saturated rings. The van der Waals surface area contributed by atoms with Gasteiger partial charge in [0, 0.05) is 10.2 Å². The zero-order chi connectivity index (χ0) is 26.5. The quantitative estimate of drug-likeness (QED) is 0.324. The van der Waals surface area contributed by atoms with Crippen LogP contribution in [0, 0.1) is 6.92 Å². The van der Waals surface area contributed by atoms with E-state index in [1.165, 1.54) is 13.2 Å². The summed E-state index contributed by atoms with van der Waals surface area (Å²) in [5.41, 5.74) is 2.22. The largest absolute Gasteiger partial charge is 0.493 e. The molecule has 0 unspecified atom stereocenters. The summed E-state index contributed by atoms with van der Waals surface area (Å²) >= 11 is 3.31. The Morgan fingerprint density at radius 2 is 1.78 bits per heavy atom. The Hall–Kier alpha value is -4.44. The van der Waals surface area contributed by atoms with Crippen LogP contribution in [0.25, 0.3) is 6.08 Å². The van der Waals surface area contributed by atoms with Crippen LogP contribution in [-0.4, -0.2) is 37.5 Å². The number of aryl methyl sites for hydroxylation is 1. The predicted molar refractivity (Wildman–Crippen MR) is 141 cm³/mol. The minimum Gasteiger partial charge on any atom is -0.493 e. The minimum absolute atomic E-state index is 0.226. The van der Waals surface area contributed by atoms with Crippen LogP contribution >= 0.6 is 15.9 Å². The molecule has 10 heteroatoms. The Labute approximate surface area is 221 Å². The van der Waals surface area contributed by atoms with Crippen molar-refractivity contribution in [1.29, 1.82) is 0 Å². The number of carbonyl (C=O) groups excluding carboxylic acids is 4. The van der Waals surface area contributed by atoms with Crippen molar-refractivity contribution in [3.63, 3.8) is 0 Å². The van der Waals surface area contributed by atoms with Crippen molar-refractivity contribution < 1.29 is 28.7 Å². The fourth-order valence-corrected chi connectivity index (χ4v) is 3.87. The molecule has 37 heavy (non-hydrogen) atoms. The lowest BCUT2D eigenvalue weighted by atomic mass is 10.1. The fraction of sp³-hybridized carbons (Fsp3) is 0.111. The minimum atomic E-state index is -0.834. The van der Waals surface area contributed by atoms with Gasteiger partial charge in [-0.2, -0.15) is 0 Å². The van der Waals surface area contributed by atoms with Gasteiger partial charge in [-0.1, -0.05) is 34.1 Å². The average molecular weight is 564 g/mol. The molecule has 0 bridgehead atoms. The fourth-order valence-electron chi connectivity index (χ4n) is 3.61. The molecule has 1 aliphatic rings. The number of barbiturate groups is 1. The van der Waals surface area contributed by atoms with Gasteiger partial charge in [0.2, 0.25) is 0 Å². The van der Waals surface area contributed by atoms with Gasteiger partial charge in [-0.3, -0.25) is 19.7 Å². The molecular weight excluding hydrogens is 542 g/mol. The maximum absolute atomic E-state index is 13.1. The summed E-state index contributed by atoms with van der Waals surface area (Å²) in [5, 5.41) is 4.95. The Morgan fingerprint density at radius 3 is 2.49 bits per heavy atom. The summed E-state index contributed by atoms with van der Waals surface area (Å²) in [4.78, 5) is 51.1. The first-order valence-electron chi connectivity index (χ1n) is 11.1. The number of hydrogen-bond acceptors (Lipinski definition) is 6. The van der Waals surface area contributed by atoms with Crippen molar-refractivity contribution in [3.8, 4) is 11.5 Å². The van der Waals surface area contributed by atoms with Gasteiger partial charge in [0.15, 0.2) is 18.1 Å². The molecule has 2 N–H and O–H groups in total. The molecule has 0 aliphatic carbocycles. The SMILES string of the molecule is COc1cc(/C=C2/C(=O)NC(=O)N(c3ccc(Br)cc3)C2=O)ccc1OCC(=O)Nc1cccc(C)c1.